The molecule has 0 radical (unpaired) electrons. The summed E-state index contributed by atoms with van der Waals surface area (Å²) in [4.78, 5) is 45.4. The minimum atomic E-state index is -1.13. The van der Waals surface area contributed by atoms with Crippen LogP contribution in [0.3, 0.4) is 0 Å². The summed E-state index contributed by atoms with van der Waals surface area (Å²) in [5, 5.41) is 0. The molecule has 2 fully saturated rings. The smallest absolute Gasteiger partial charge is 0.426 e. The fraction of sp³-hybridized carbons (Fsp3) is 0.538. The van der Waals surface area contributed by atoms with Crippen LogP contribution >= 0.6 is 0 Å². The van der Waals surface area contributed by atoms with E-state index in [2.05, 4.69) is 9.47 Å². The van der Waals surface area contributed by atoms with Gasteiger partial charge in [-0.15, -0.1) is 0 Å². The average molecular weight is 296 g/mol. The Kier molecular flexibility index (Phi) is 3.15. The number of ether oxygens (including phenoxy) is 4. The number of allylic oxidation sites excluding steroid dienone is 1. The molecule has 21 heavy (non-hydrogen) atoms. The summed E-state index contributed by atoms with van der Waals surface area (Å²) >= 11 is 0. The molecule has 2 aliphatic heterocycles. The Balaban J connectivity index is 1.84. The van der Waals surface area contributed by atoms with Crippen molar-refractivity contribution in [1.82, 2.24) is 0 Å². The molecule has 0 spiro atoms. The molecule has 3 rings (SSSR count). The summed E-state index contributed by atoms with van der Waals surface area (Å²) < 4.78 is 18.8. The lowest BCUT2D eigenvalue weighted by atomic mass is 9.78. The third-order valence-corrected chi connectivity index (χ3v) is 3.83. The van der Waals surface area contributed by atoms with E-state index in [1.807, 2.05) is 0 Å². The number of hydrogen-bond acceptors (Lipinski definition) is 8. The predicted octanol–water partition coefficient (Wildman–Crippen LogP) is 1.08. The van der Waals surface area contributed by atoms with E-state index >= 15 is 0 Å². The van der Waals surface area contributed by atoms with E-state index in [0.29, 0.717) is 5.57 Å². The Hall–Kier alpha value is -2.38. The van der Waals surface area contributed by atoms with E-state index in [4.69, 9.17) is 9.47 Å². The summed E-state index contributed by atoms with van der Waals surface area (Å²) in [6.45, 7) is 1.69. The van der Waals surface area contributed by atoms with Crippen LogP contribution in [-0.4, -0.2) is 36.5 Å². The molecule has 1 aliphatic carbocycles. The predicted molar refractivity (Wildman–Crippen MR) is 62.7 cm³/mol. The molecule has 0 N–H and O–H groups in total. The van der Waals surface area contributed by atoms with Gasteiger partial charge in [0.15, 0.2) is 6.10 Å². The molecule has 4 atom stereocenters. The van der Waals surface area contributed by atoms with Gasteiger partial charge in [0.25, 0.3) is 0 Å². The molecule has 4 unspecified atom stereocenters. The maximum Gasteiger partial charge on any atom is 0.519 e. The number of fused-ring (bicyclic) bond motifs is 1. The summed E-state index contributed by atoms with van der Waals surface area (Å²) in [5.41, 5.74) is 0.634. The second-order valence-electron chi connectivity index (χ2n) is 5.21. The zero-order chi connectivity index (χ0) is 15.1. The number of carbonyl (C=O) groups excluding carboxylic acids is 4. The van der Waals surface area contributed by atoms with Crippen molar-refractivity contribution in [2.24, 2.45) is 11.8 Å². The van der Waals surface area contributed by atoms with Gasteiger partial charge in [0.05, 0.1) is 12.3 Å². The first-order valence-electron chi connectivity index (χ1n) is 6.46. The monoisotopic (exact) mass is 296 g/mol. The highest BCUT2D eigenvalue weighted by Gasteiger charge is 2.46. The van der Waals surface area contributed by atoms with Gasteiger partial charge in [0.1, 0.15) is 6.10 Å². The van der Waals surface area contributed by atoms with E-state index < -0.39 is 42.4 Å². The zero-order valence-electron chi connectivity index (χ0n) is 11.1. The van der Waals surface area contributed by atoms with Crippen LogP contribution in [-0.2, 0) is 28.5 Å². The first kappa shape index (κ1) is 13.6. The third kappa shape index (κ3) is 2.48. The maximum absolute atomic E-state index is 11.6. The molecule has 0 amide bonds. The minimum absolute atomic E-state index is 0.00506. The highest BCUT2D eigenvalue weighted by atomic mass is 16.8. The molecular weight excluding hydrogens is 284 g/mol. The van der Waals surface area contributed by atoms with Gasteiger partial charge in [-0.3, -0.25) is 9.59 Å². The van der Waals surface area contributed by atoms with E-state index in [1.165, 1.54) is 0 Å². The van der Waals surface area contributed by atoms with Crippen molar-refractivity contribution < 1.29 is 38.1 Å². The summed E-state index contributed by atoms with van der Waals surface area (Å²) in [5.74, 6) is -2.08. The van der Waals surface area contributed by atoms with Gasteiger partial charge in [-0.05, 0) is 24.8 Å². The van der Waals surface area contributed by atoms with Crippen molar-refractivity contribution in [1.29, 1.82) is 0 Å². The normalized spacial score (nSPS) is 35.8. The number of carbonyl (C=O) groups is 4. The summed E-state index contributed by atoms with van der Waals surface area (Å²) in [6, 6.07) is 0. The van der Waals surface area contributed by atoms with Crippen LogP contribution in [0.4, 0.5) is 9.59 Å². The Morgan fingerprint density at radius 3 is 2.43 bits per heavy atom. The van der Waals surface area contributed by atoms with Gasteiger partial charge in [-0.2, -0.15) is 0 Å². The van der Waals surface area contributed by atoms with E-state index in [-0.39, 0.29) is 18.8 Å². The van der Waals surface area contributed by atoms with Crippen molar-refractivity contribution in [2.75, 3.05) is 0 Å². The van der Waals surface area contributed by atoms with Gasteiger partial charge < -0.3 is 18.9 Å². The number of hydrogen-bond donors (Lipinski definition) is 0. The van der Waals surface area contributed by atoms with Gasteiger partial charge >= 0.3 is 24.2 Å². The quantitative estimate of drug-likeness (QED) is 0.306. The Morgan fingerprint density at radius 2 is 1.76 bits per heavy atom. The second-order valence-corrected chi connectivity index (χ2v) is 5.21. The first-order chi connectivity index (χ1) is 9.94. The Morgan fingerprint density at radius 1 is 1.05 bits per heavy atom. The largest absolute Gasteiger partial charge is 0.519 e. The minimum Gasteiger partial charge on any atom is -0.426 e. The average Bonchev–Trinajstić information content (AvgIpc) is 2.63. The zero-order valence-corrected chi connectivity index (χ0v) is 11.1. The van der Waals surface area contributed by atoms with E-state index in [9.17, 15) is 19.2 Å². The van der Waals surface area contributed by atoms with Gasteiger partial charge in [-0.25, -0.2) is 9.59 Å². The molecule has 0 aromatic rings. The van der Waals surface area contributed by atoms with Crippen molar-refractivity contribution in [2.45, 2.75) is 32.0 Å². The molecule has 0 bridgehead atoms. The van der Waals surface area contributed by atoms with Gasteiger partial charge in [0.2, 0.25) is 0 Å². The molecule has 8 nitrogen and oxygen atoms in total. The standard InChI is InChI=1S/C13H12O8/c1-5-2-6(7-4-9(14)19-11(7)15)3-8-10(5)20-13(17)21-12(16)18-8/h2,6-8,10H,3-4H2,1H3. The molecule has 3 aliphatic rings. The molecule has 112 valence electrons. The van der Waals surface area contributed by atoms with Crippen LogP contribution in [0.25, 0.3) is 0 Å². The van der Waals surface area contributed by atoms with Crippen LogP contribution in [0.15, 0.2) is 11.6 Å². The van der Waals surface area contributed by atoms with Crippen LogP contribution in [0, 0.1) is 11.8 Å². The van der Waals surface area contributed by atoms with Crippen molar-refractivity contribution >= 4 is 24.2 Å². The van der Waals surface area contributed by atoms with Crippen molar-refractivity contribution in [3.8, 4) is 0 Å². The molecule has 2 saturated heterocycles. The Labute approximate surface area is 119 Å². The van der Waals surface area contributed by atoms with Crippen molar-refractivity contribution in [3.63, 3.8) is 0 Å². The fourth-order valence-corrected chi connectivity index (χ4v) is 2.91. The van der Waals surface area contributed by atoms with Crippen LogP contribution in [0.5, 0.6) is 0 Å². The first-order valence-corrected chi connectivity index (χ1v) is 6.46. The topological polar surface area (TPSA) is 105 Å². The maximum atomic E-state index is 11.6. The Bertz CT molecular complexity index is 563. The van der Waals surface area contributed by atoms with Gasteiger partial charge in [0, 0.05) is 0 Å². The summed E-state index contributed by atoms with van der Waals surface area (Å²) in [7, 11) is 0. The summed E-state index contributed by atoms with van der Waals surface area (Å²) in [6.07, 6.45) is -1.75. The van der Waals surface area contributed by atoms with Gasteiger partial charge in [-0.1, -0.05) is 6.08 Å². The lowest BCUT2D eigenvalue weighted by Gasteiger charge is -2.32. The van der Waals surface area contributed by atoms with E-state index in [1.54, 1.807) is 13.0 Å². The number of rotatable bonds is 1. The molecule has 0 aromatic heterocycles. The van der Waals surface area contributed by atoms with Crippen LogP contribution in [0.2, 0.25) is 0 Å². The third-order valence-electron chi connectivity index (χ3n) is 3.83. The lowest BCUT2D eigenvalue weighted by molar-refractivity contribution is -0.153. The molecule has 0 saturated carbocycles. The molecule has 8 heteroatoms. The molecular formula is C13H12O8. The SMILES string of the molecule is CC1=CC(C2CC(=O)OC2=O)CC2OC(=O)OC(=O)OC12. The molecule has 2 heterocycles. The van der Waals surface area contributed by atoms with E-state index in [0.717, 1.165) is 0 Å². The lowest BCUT2D eigenvalue weighted by Crippen LogP contribution is -2.39. The number of esters is 2. The fourth-order valence-electron chi connectivity index (χ4n) is 2.91. The highest BCUT2D eigenvalue weighted by Crippen LogP contribution is 2.37. The number of cyclic esters (lactones) is 4. The highest BCUT2D eigenvalue weighted by molar-refractivity contribution is 5.95. The van der Waals surface area contributed by atoms with Crippen molar-refractivity contribution in [3.05, 3.63) is 11.6 Å². The van der Waals surface area contributed by atoms with Crippen LogP contribution < -0.4 is 0 Å². The van der Waals surface area contributed by atoms with Crippen LogP contribution in [0.1, 0.15) is 19.8 Å². The molecule has 0 aromatic carbocycles. The second kappa shape index (κ2) is 4.87.